The van der Waals surface area contributed by atoms with Gasteiger partial charge in [0.15, 0.2) is 0 Å². The van der Waals surface area contributed by atoms with Crippen molar-refractivity contribution in [2.45, 2.75) is 78.6 Å². The predicted octanol–water partition coefficient (Wildman–Crippen LogP) is 28.2. The molecule has 546 valence electrons. The lowest BCUT2D eigenvalue weighted by Gasteiger charge is -2.46. The van der Waals surface area contributed by atoms with Crippen LogP contribution in [0.3, 0.4) is 0 Å². The molecule has 2 aliphatic rings. The summed E-state index contributed by atoms with van der Waals surface area (Å²) in [6, 6.07) is 118. The Morgan fingerprint density at radius 1 is 0.289 bits per heavy atom. The first kappa shape index (κ1) is 63.6. The molecule has 114 heavy (non-hydrogen) atoms. The minimum Gasteiger partial charge on any atom is -0.310 e. The first-order chi connectivity index (χ1) is 57.5. The second-order valence-corrected chi connectivity index (χ2v) is 35.1. The van der Waals surface area contributed by atoms with E-state index in [-0.39, 0.29) is 33.9 Å². The van der Waals surface area contributed by atoms with E-state index in [4.69, 9.17) is 1.37 Å². The van der Waals surface area contributed by atoms with Crippen LogP contribution in [-0.2, 0) is 16.2 Å². The van der Waals surface area contributed by atoms with Crippen LogP contribution in [-0.4, -0.2) is 15.8 Å². The molecule has 6 heteroatoms. The summed E-state index contributed by atoms with van der Waals surface area (Å²) in [5.74, 6) is 0. The quantitative estimate of drug-likeness (QED) is 0.127. The zero-order chi connectivity index (χ0) is 81.4. The minimum atomic E-state index is -0.507. The van der Waals surface area contributed by atoms with Crippen molar-refractivity contribution in [3.63, 3.8) is 0 Å². The summed E-state index contributed by atoms with van der Waals surface area (Å²) in [6.07, 6.45) is 0. The van der Waals surface area contributed by atoms with Gasteiger partial charge in [0.1, 0.15) is 0 Å². The van der Waals surface area contributed by atoms with E-state index in [1.807, 2.05) is 17.4 Å². The number of aromatic nitrogens is 2. The lowest BCUT2D eigenvalue weighted by molar-refractivity contribution is 0.589. The van der Waals surface area contributed by atoms with Crippen molar-refractivity contribution in [1.29, 1.82) is 0 Å². The summed E-state index contributed by atoms with van der Waals surface area (Å²) >= 11 is 1.84. The van der Waals surface area contributed by atoms with Crippen molar-refractivity contribution in [2.24, 2.45) is 0 Å². The maximum Gasteiger partial charge on any atom is 0.252 e. The molecule has 19 aromatic rings. The molecule has 0 amide bonds. The van der Waals surface area contributed by atoms with Crippen LogP contribution >= 0.6 is 11.3 Å². The molecule has 0 spiro atoms. The lowest BCUT2D eigenvalue weighted by atomic mass is 9.33. The van der Waals surface area contributed by atoms with Crippen LogP contribution in [0.25, 0.3) is 142 Å². The van der Waals surface area contributed by atoms with Crippen LogP contribution in [0.5, 0.6) is 0 Å². The fourth-order valence-corrected chi connectivity index (χ4v) is 19.6. The Balaban J connectivity index is 0.996. The van der Waals surface area contributed by atoms with Crippen molar-refractivity contribution >= 4 is 132 Å². The normalized spacial score (nSPS) is 13.5. The van der Waals surface area contributed by atoms with E-state index in [1.165, 1.54) is 42.1 Å². The maximum atomic E-state index is 9.84. The third-order valence-corrected chi connectivity index (χ3v) is 25.1. The van der Waals surface area contributed by atoms with E-state index >= 15 is 0 Å². The molecule has 0 bridgehead atoms. The second-order valence-electron chi connectivity index (χ2n) is 34.0. The Labute approximate surface area is 678 Å². The third-order valence-electron chi connectivity index (χ3n) is 24.0. The highest BCUT2D eigenvalue weighted by molar-refractivity contribution is 7.26. The molecule has 4 nitrogen and oxygen atoms in total. The first-order valence-corrected chi connectivity index (χ1v) is 40.6. The van der Waals surface area contributed by atoms with Crippen molar-refractivity contribution in [2.75, 3.05) is 9.80 Å². The highest BCUT2D eigenvalue weighted by Gasteiger charge is 2.47. The molecule has 0 aliphatic carbocycles. The fourth-order valence-electron chi connectivity index (χ4n) is 18.5. The maximum absolute atomic E-state index is 9.84. The van der Waals surface area contributed by atoms with Gasteiger partial charge in [-0.3, -0.25) is 0 Å². The smallest absolute Gasteiger partial charge is 0.252 e. The summed E-state index contributed by atoms with van der Waals surface area (Å²) in [6.45, 7) is 20.3. The monoisotopic (exact) mass is 1490 g/mol. The van der Waals surface area contributed by atoms with Crippen molar-refractivity contribution < 1.29 is 6.85 Å². The van der Waals surface area contributed by atoms with Crippen molar-refractivity contribution in [3.05, 3.63) is 368 Å². The molecule has 0 atom stereocenters. The van der Waals surface area contributed by atoms with E-state index in [2.05, 4.69) is 397 Å². The molecule has 5 heterocycles. The van der Waals surface area contributed by atoms with Gasteiger partial charge in [-0.15, -0.1) is 11.3 Å². The van der Waals surface area contributed by atoms with Gasteiger partial charge in [0.05, 0.1) is 40.3 Å². The zero-order valence-corrected chi connectivity index (χ0v) is 66.2. The van der Waals surface area contributed by atoms with Crippen molar-refractivity contribution in [3.8, 4) is 78.1 Å². The number of anilines is 6. The van der Waals surface area contributed by atoms with Gasteiger partial charge in [0.25, 0.3) is 6.71 Å². The molecule has 0 N–H and O–H groups in total. The fraction of sp³-hybridized carbons (Fsp3) is 0.111. The number of hydrogen-bond donors (Lipinski definition) is 0. The largest absolute Gasteiger partial charge is 0.310 e. The third kappa shape index (κ3) is 11.1. The van der Waals surface area contributed by atoms with Gasteiger partial charge in [-0.2, -0.15) is 0 Å². The topological polar surface area (TPSA) is 16.3 Å². The second kappa shape index (κ2) is 26.3. The number of fused-ring (bicyclic) bond motifs is 14. The number of thiophene rings is 1. The summed E-state index contributed by atoms with van der Waals surface area (Å²) in [5.41, 5.74) is 29.0. The Morgan fingerprint density at radius 2 is 0.772 bits per heavy atom. The van der Waals surface area contributed by atoms with E-state index in [0.29, 0.717) is 5.56 Å². The SMILES string of the molecule is [2H]c1c([2H])c([2H])c(-c2ccc3c(c2)N(c2c(-c4ccccc4)cc(C(C)(C)C)cc2-c2ccccc2)c2cc(-c4cccc5c4c4ccccc4n5-c4ccccc4)cc4c2B3c2ccc(-n3c5ccccc5c5ccc6sc7ccccc7c6c53)cc2N4c2c(-c3ccccc3)cc(C(C)(C)C)cc2-c2cccc(C(C)(C)C)c2)c([2H])c1[2H]. The van der Waals surface area contributed by atoms with E-state index in [9.17, 15) is 5.48 Å². The van der Waals surface area contributed by atoms with Crippen LogP contribution in [0, 0.1) is 0 Å². The molecular formula is C108H85BN4S. The lowest BCUT2D eigenvalue weighted by Crippen LogP contribution is -2.61. The molecule has 0 radical (unpaired) electrons. The summed E-state index contributed by atoms with van der Waals surface area (Å²) in [7, 11) is 0. The molecular weight excluding hydrogens is 1400 g/mol. The van der Waals surface area contributed by atoms with Gasteiger partial charge < -0.3 is 18.9 Å². The number of hydrogen-bond acceptors (Lipinski definition) is 3. The molecule has 0 fully saturated rings. The molecule has 3 aromatic heterocycles. The molecule has 0 unspecified atom stereocenters. The van der Waals surface area contributed by atoms with Gasteiger partial charge >= 0.3 is 0 Å². The van der Waals surface area contributed by atoms with Crippen LogP contribution in [0.15, 0.2) is 352 Å². The number of rotatable bonds is 10. The predicted molar refractivity (Wildman–Crippen MR) is 491 cm³/mol. The average molecular weight is 1490 g/mol. The van der Waals surface area contributed by atoms with Crippen LogP contribution in [0.4, 0.5) is 34.1 Å². The Kier molecular flexibility index (Phi) is 14.7. The highest BCUT2D eigenvalue weighted by Crippen LogP contribution is 2.57. The summed E-state index contributed by atoms with van der Waals surface area (Å²) in [5, 5.41) is 7.00. The first-order valence-electron chi connectivity index (χ1n) is 42.2. The van der Waals surface area contributed by atoms with E-state index in [0.717, 1.165) is 156 Å². The highest BCUT2D eigenvalue weighted by atomic mass is 32.1. The van der Waals surface area contributed by atoms with Crippen LogP contribution < -0.4 is 26.2 Å². The zero-order valence-electron chi connectivity index (χ0n) is 70.4. The molecule has 2 aliphatic heterocycles. The van der Waals surface area contributed by atoms with Crippen molar-refractivity contribution in [1.82, 2.24) is 9.13 Å². The Hall–Kier alpha value is -13.0. The van der Waals surface area contributed by atoms with Crippen LogP contribution in [0.2, 0.25) is 0 Å². The molecule has 16 aromatic carbocycles. The Bertz CT molecular complexity index is 7340. The molecule has 21 rings (SSSR count). The van der Waals surface area contributed by atoms with Gasteiger partial charge in [-0.1, -0.05) is 317 Å². The standard InChI is InChI=1S/C108H85BN4S/c1-106(2,3)75-42-31-41-73(59-75)88-66-77(108(7,8)9)65-87(71-39-21-13-22-40-71)104(88)113-95-67-79(111-91-49-28-25-45-81(91)82-55-58-99-101(105(82)111)84-47-27-30-52-98(84)114-99)54-57-90(95)109-89-56-53-72(68-33-15-10-16-34-68)60-94(89)112(103-85(69-35-17-11-18-36-69)63-76(107(4,5)6)64-86(103)70-37-19-12-20-38-70)96-61-74(62-97(113)102(96)109)80-48-32-51-93-100(80)83-46-26-29-50-92(83)110(93)78-43-23-14-24-44-78/h10-67H,1-9H3/i10D,15D,16D,33D,34D. The van der Waals surface area contributed by atoms with Gasteiger partial charge in [-0.05, 0) is 191 Å². The molecule has 0 saturated carbocycles. The number of nitrogens with zero attached hydrogens (tertiary/aromatic N) is 4. The van der Waals surface area contributed by atoms with E-state index in [1.54, 1.807) is 0 Å². The Morgan fingerprint density at radius 3 is 1.37 bits per heavy atom. The summed E-state index contributed by atoms with van der Waals surface area (Å²) in [4.78, 5) is 5.21. The minimum absolute atomic E-state index is 0.129. The average Bonchev–Trinajstić information content (AvgIpc) is 1.07. The summed E-state index contributed by atoms with van der Waals surface area (Å²) < 4.78 is 54.7. The number of para-hydroxylation sites is 3. The van der Waals surface area contributed by atoms with Gasteiger partial charge in [-0.25, -0.2) is 0 Å². The van der Waals surface area contributed by atoms with Crippen LogP contribution in [0.1, 0.15) is 85.9 Å². The molecule has 0 saturated heterocycles. The number of benzene rings is 16. The van der Waals surface area contributed by atoms with Gasteiger partial charge in [0.2, 0.25) is 0 Å². The van der Waals surface area contributed by atoms with E-state index < -0.39 is 24.8 Å². The van der Waals surface area contributed by atoms with Gasteiger partial charge in [0, 0.05) is 98.1 Å².